The van der Waals surface area contributed by atoms with Crippen LogP contribution in [0.3, 0.4) is 0 Å². The summed E-state index contributed by atoms with van der Waals surface area (Å²) in [6, 6.07) is 0. The lowest BCUT2D eigenvalue weighted by molar-refractivity contribution is -0.131. The first-order valence-electron chi connectivity index (χ1n) is 7.08. The van der Waals surface area contributed by atoms with Gasteiger partial charge in [0, 0.05) is 22.8 Å². The molecular formula is C17H20O2. The van der Waals surface area contributed by atoms with E-state index in [0.717, 1.165) is 18.4 Å². The van der Waals surface area contributed by atoms with Crippen LogP contribution >= 0.6 is 0 Å². The van der Waals surface area contributed by atoms with Crippen LogP contribution in [0.4, 0.5) is 0 Å². The first-order chi connectivity index (χ1) is 8.94. The highest BCUT2D eigenvalue weighted by molar-refractivity contribution is 6.08. The van der Waals surface area contributed by atoms with Gasteiger partial charge in [0.15, 0.2) is 5.78 Å². The van der Waals surface area contributed by atoms with Crippen LogP contribution in [0.25, 0.3) is 0 Å². The van der Waals surface area contributed by atoms with Crippen LogP contribution in [0.2, 0.25) is 0 Å². The normalized spacial score (nSPS) is 35.3. The van der Waals surface area contributed by atoms with Gasteiger partial charge in [0.25, 0.3) is 0 Å². The van der Waals surface area contributed by atoms with Crippen LogP contribution in [0, 0.1) is 23.2 Å². The lowest BCUT2D eigenvalue weighted by Gasteiger charge is -2.31. The van der Waals surface area contributed by atoms with Gasteiger partial charge in [-0.1, -0.05) is 38.2 Å². The molecule has 0 saturated heterocycles. The highest BCUT2D eigenvalue weighted by atomic mass is 16.1. The SMILES string of the molecule is CC(=O)C1C2CCC3C=CC=CC3=C2C(=O)C1(C)C. The lowest BCUT2D eigenvalue weighted by Crippen LogP contribution is -2.32. The lowest BCUT2D eigenvalue weighted by atomic mass is 9.71. The summed E-state index contributed by atoms with van der Waals surface area (Å²) in [6.45, 7) is 5.51. The predicted molar refractivity (Wildman–Crippen MR) is 74.5 cm³/mol. The molecule has 100 valence electrons. The Morgan fingerprint density at radius 1 is 1.26 bits per heavy atom. The average Bonchev–Trinajstić information content (AvgIpc) is 2.57. The Hall–Kier alpha value is -1.44. The molecule has 0 bridgehead atoms. The van der Waals surface area contributed by atoms with Gasteiger partial charge in [-0.3, -0.25) is 9.59 Å². The standard InChI is InChI=1S/C17H20O2/c1-10(18)15-13-9-8-11-6-4-5-7-12(11)14(13)16(19)17(15,2)3/h4-7,11,13,15H,8-9H2,1-3H3. The molecule has 3 aliphatic carbocycles. The summed E-state index contributed by atoms with van der Waals surface area (Å²) >= 11 is 0. The molecule has 0 N–H and O–H groups in total. The number of allylic oxidation sites excluding steroid dienone is 6. The maximum atomic E-state index is 12.8. The summed E-state index contributed by atoms with van der Waals surface area (Å²) in [6.07, 6.45) is 10.3. The van der Waals surface area contributed by atoms with Crippen molar-refractivity contribution in [1.29, 1.82) is 0 Å². The fourth-order valence-corrected chi connectivity index (χ4v) is 4.26. The van der Waals surface area contributed by atoms with Gasteiger partial charge in [0.1, 0.15) is 5.78 Å². The molecule has 3 aliphatic rings. The van der Waals surface area contributed by atoms with E-state index in [9.17, 15) is 9.59 Å². The van der Waals surface area contributed by atoms with Gasteiger partial charge in [-0.2, -0.15) is 0 Å². The average molecular weight is 256 g/mol. The van der Waals surface area contributed by atoms with Crippen molar-refractivity contribution in [2.75, 3.05) is 0 Å². The van der Waals surface area contributed by atoms with Gasteiger partial charge in [-0.25, -0.2) is 0 Å². The smallest absolute Gasteiger partial charge is 0.165 e. The van der Waals surface area contributed by atoms with Crippen LogP contribution in [-0.4, -0.2) is 11.6 Å². The van der Waals surface area contributed by atoms with Gasteiger partial charge in [-0.15, -0.1) is 0 Å². The highest BCUT2D eigenvalue weighted by Gasteiger charge is 2.55. The van der Waals surface area contributed by atoms with Gasteiger partial charge in [-0.05, 0) is 31.3 Å². The van der Waals surface area contributed by atoms with E-state index < -0.39 is 5.41 Å². The first kappa shape index (κ1) is 12.6. The zero-order valence-electron chi connectivity index (χ0n) is 11.8. The van der Waals surface area contributed by atoms with Gasteiger partial charge >= 0.3 is 0 Å². The molecule has 0 aromatic heterocycles. The summed E-state index contributed by atoms with van der Waals surface area (Å²) in [5.74, 6) is 0.733. The second-order valence-electron chi connectivity index (χ2n) is 6.54. The Labute approximate surface area is 114 Å². The van der Waals surface area contributed by atoms with Crippen LogP contribution < -0.4 is 0 Å². The number of ketones is 2. The maximum Gasteiger partial charge on any atom is 0.165 e. The molecule has 3 rings (SSSR count). The van der Waals surface area contributed by atoms with E-state index >= 15 is 0 Å². The van der Waals surface area contributed by atoms with Crippen molar-refractivity contribution in [2.24, 2.45) is 23.2 Å². The molecular weight excluding hydrogens is 236 g/mol. The quantitative estimate of drug-likeness (QED) is 0.721. The number of hydrogen-bond acceptors (Lipinski definition) is 2. The topological polar surface area (TPSA) is 34.1 Å². The minimum atomic E-state index is -0.539. The van der Waals surface area contributed by atoms with Crippen molar-refractivity contribution in [2.45, 2.75) is 33.6 Å². The molecule has 0 spiro atoms. The summed E-state index contributed by atoms with van der Waals surface area (Å²) in [4.78, 5) is 24.8. The number of Topliss-reactive ketones (excluding diaryl/α,β-unsaturated/α-hetero) is 2. The zero-order chi connectivity index (χ0) is 13.8. The molecule has 0 amide bonds. The minimum Gasteiger partial charge on any atom is -0.300 e. The number of carbonyl (C=O) groups is 2. The molecule has 19 heavy (non-hydrogen) atoms. The molecule has 1 saturated carbocycles. The van der Waals surface area contributed by atoms with Gasteiger partial charge < -0.3 is 0 Å². The predicted octanol–water partition coefficient (Wildman–Crippen LogP) is 3.25. The first-order valence-corrected chi connectivity index (χ1v) is 7.08. The molecule has 0 heterocycles. The van der Waals surface area contributed by atoms with Crippen molar-refractivity contribution in [3.05, 3.63) is 35.5 Å². The van der Waals surface area contributed by atoms with Gasteiger partial charge in [0.05, 0.1) is 0 Å². The Bertz CT molecular complexity index is 546. The number of fused-ring (bicyclic) bond motifs is 2. The Morgan fingerprint density at radius 2 is 2.00 bits per heavy atom. The van der Waals surface area contributed by atoms with Crippen molar-refractivity contribution in [3.63, 3.8) is 0 Å². The van der Waals surface area contributed by atoms with E-state index in [1.54, 1.807) is 6.92 Å². The fraction of sp³-hybridized carbons (Fsp3) is 0.529. The van der Waals surface area contributed by atoms with Crippen LogP contribution in [0.1, 0.15) is 33.6 Å². The molecule has 0 aromatic carbocycles. The monoisotopic (exact) mass is 256 g/mol. The molecule has 2 nitrogen and oxygen atoms in total. The third-order valence-corrected chi connectivity index (χ3v) is 5.05. The van der Waals surface area contributed by atoms with E-state index in [1.807, 2.05) is 19.9 Å². The van der Waals surface area contributed by atoms with Crippen molar-refractivity contribution < 1.29 is 9.59 Å². The Morgan fingerprint density at radius 3 is 2.68 bits per heavy atom. The number of rotatable bonds is 1. The third-order valence-electron chi connectivity index (χ3n) is 5.05. The summed E-state index contributed by atoms with van der Waals surface area (Å²) < 4.78 is 0. The van der Waals surface area contributed by atoms with Crippen molar-refractivity contribution >= 4 is 11.6 Å². The number of hydrogen-bond donors (Lipinski definition) is 0. The van der Waals surface area contributed by atoms with Crippen molar-refractivity contribution in [1.82, 2.24) is 0 Å². The summed E-state index contributed by atoms with van der Waals surface area (Å²) in [7, 11) is 0. The van der Waals surface area contributed by atoms with E-state index in [-0.39, 0.29) is 23.4 Å². The summed E-state index contributed by atoms with van der Waals surface area (Å²) in [5, 5.41) is 0. The molecule has 3 unspecified atom stereocenters. The van der Waals surface area contributed by atoms with Crippen LogP contribution in [0.15, 0.2) is 35.5 Å². The van der Waals surface area contributed by atoms with E-state index in [4.69, 9.17) is 0 Å². The number of carbonyl (C=O) groups excluding carboxylic acids is 2. The van der Waals surface area contributed by atoms with Crippen molar-refractivity contribution in [3.8, 4) is 0 Å². The molecule has 0 aliphatic heterocycles. The molecule has 0 aromatic rings. The molecule has 1 fully saturated rings. The molecule has 0 radical (unpaired) electrons. The third kappa shape index (κ3) is 1.62. The zero-order valence-corrected chi connectivity index (χ0v) is 11.8. The Kier molecular flexibility index (Phi) is 2.67. The van der Waals surface area contributed by atoms with Crippen LogP contribution in [-0.2, 0) is 9.59 Å². The second-order valence-corrected chi connectivity index (χ2v) is 6.54. The minimum absolute atomic E-state index is 0.136. The van der Waals surface area contributed by atoms with Gasteiger partial charge in [0.2, 0.25) is 0 Å². The fourth-order valence-electron chi connectivity index (χ4n) is 4.26. The highest BCUT2D eigenvalue weighted by Crippen LogP contribution is 2.54. The molecule has 2 heteroatoms. The van der Waals surface area contributed by atoms with E-state index in [2.05, 4.69) is 18.2 Å². The Balaban J connectivity index is 2.17. The largest absolute Gasteiger partial charge is 0.300 e. The van der Waals surface area contributed by atoms with E-state index in [0.29, 0.717) is 5.92 Å². The summed E-state index contributed by atoms with van der Waals surface area (Å²) in [5.41, 5.74) is 1.57. The van der Waals surface area contributed by atoms with E-state index in [1.165, 1.54) is 5.57 Å². The second kappa shape index (κ2) is 4.03. The van der Waals surface area contributed by atoms with Crippen LogP contribution in [0.5, 0.6) is 0 Å². The maximum absolute atomic E-state index is 12.8. The molecule has 3 atom stereocenters.